The summed E-state index contributed by atoms with van der Waals surface area (Å²) < 4.78 is 0. The normalized spacial score (nSPS) is 22.8. The van der Waals surface area contributed by atoms with Crippen molar-refractivity contribution in [3.63, 3.8) is 0 Å². The molecule has 0 spiro atoms. The van der Waals surface area contributed by atoms with Gasteiger partial charge in [0.15, 0.2) is 11.1 Å². The summed E-state index contributed by atoms with van der Waals surface area (Å²) in [6, 6.07) is 52.7. The van der Waals surface area contributed by atoms with Crippen molar-refractivity contribution in [2.24, 2.45) is 23.7 Å². The molecule has 1 saturated carbocycles. The number of unbranched alkanes of at least 4 members (excludes halogenated alkanes) is 2. The lowest BCUT2D eigenvalue weighted by Crippen LogP contribution is -2.62. The van der Waals surface area contributed by atoms with Gasteiger partial charge in [-0.3, -0.25) is 38.4 Å². The van der Waals surface area contributed by atoms with Gasteiger partial charge >= 0.3 is 0 Å². The summed E-state index contributed by atoms with van der Waals surface area (Å²) in [4.78, 5) is 123. The Morgan fingerprint density at radius 3 is 1.04 bits per heavy atom. The fourth-order valence-corrected chi connectivity index (χ4v) is 17.9. The number of carbonyl (C=O) groups is 8. The van der Waals surface area contributed by atoms with E-state index in [9.17, 15) is 9.59 Å². The summed E-state index contributed by atoms with van der Waals surface area (Å²) in [6.07, 6.45) is 15.8. The average molecular weight is 1470 g/mol. The Morgan fingerprint density at radius 2 is 0.722 bits per heavy atom. The molecule has 10 N–H and O–H groups in total. The molecule has 0 unspecified atom stereocenters. The molecule has 5 aliphatic rings. The van der Waals surface area contributed by atoms with E-state index >= 15 is 28.8 Å². The van der Waals surface area contributed by atoms with Crippen molar-refractivity contribution in [2.45, 2.75) is 215 Å². The largest absolute Gasteiger partial charge is 0.353 e. The highest BCUT2D eigenvalue weighted by molar-refractivity contribution is 6.01. The van der Waals surface area contributed by atoms with E-state index in [-0.39, 0.29) is 59.4 Å². The number of fused-ring (bicyclic) bond motifs is 2. The fraction of sp³-hybridized carbons (Fsp3) is 0.500. The van der Waals surface area contributed by atoms with Crippen LogP contribution in [0.25, 0.3) is 0 Å². The molecule has 11 rings (SSSR count). The molecule has 4 aliphatic heterocycles. The molecule has 6 aromatic carbocycles. The van der Waals surface area contributed by atoms with Crippen molar-refractivity contribution in [1.82, 2.24) is 63.0 Å². The second-order valence-corrected chi connectivity index (χ2v) is 30.7. The maximum Gasteiger partial charge on any atom is 0.255 e. The van der Waals surface area contributed by atoms with Gasteiger partial charge in [0.1, 0.15) is 24.2 Å². The zero-order valence-electron chi connectivity index (χ0n) is 63.8. The third-order valence-electron chi connectivity index (χ3n) is 24.0. The van der Waals surface area contributed by atoms with Crippen LogP contribution >= 0.6 is 0 Å². The molecule has 0 bridgehead atoms. The van der Waals surface area contributed by atoms with Crippen LogP contribution in [-0.2, 0) is 62.5 Å². The van der Waals surface area contributed by atoms with Gasteiger partial charge in [0.05, 0.1) is 12.1 Å². The third-order valence-corrected chi connectivity index (χ3v) is 24.0. The van der Waals surface area contributed by atoms with Crippen LogP contribution in [-0.4, -0.2) is 146 Å². The van der Waals surface area contributed by atoms with Crippen LogP contribution in [0.2, 0.25) is 0 Å². The molecule has 6 aromatic rings. The molecular weight excluding hydrogens is 1350 g/mol. The number of hydrogen-bond donors (Lipinski definition) is 10. The minimum atomic E-state index is -1.63. The van der Waals surface area contributed by atoms with Gasteiger partial charge in [-0.05, 0) is 136 Å². The molecule has 576 valence electrons. The molecule has 8 amide bonds. The predicted molar refractivity (Wildman–Crippen MR) is 422 cm³/mol. The first-order chi connectivity index (χ1) is 52.7. The fourth-order valence-electron chi connectivity index (χ4n) is 17.9. The Hall–Kier alpha value is -9.08. The summed E-state index contributed by atoms with van der Waals surface area (Å²) in [5.74, 6) is -1.94. The first kappa shape index (κ1) is 79.9. The van der Waals surface area contributed by atoms with Crippen molar-refractivity contribution < 1.29 is 38.4 Å². The van der Waals surface area contributed by atoms with Gasteiger partial charge in [0, 0.05) is 63.2 Å². The lowest BCUT2D eigenvalue weighted by Gasteiger charge is -2.38. The predicted octanol–water partition coefficient (Wildman–Crippen LogP) is 9.57. The SMILES string of the molecule is CC[C@H](NC)C(=O)N[C@@H]1C(=O)N2[C@@H](CC[C@@H]1CNCc1ccccc1)CC[C@H]2C(=O)NC(C(=O)NCCCCC1CCC(CCCCNC(=O)C(NC(=O)[C@@H]2CC[C@@H]3CC[C@H](CNCc4ccccc4)[C@H](NC(=O)[C@H](CC)NC)C(=O)N32)(c2ccccc2)c2ccccc2)CC1)(c1ccccc1)c1ccccc1. The van der Waals surface area contributed by atoms with Crippen LogP contribution in [0.1, 0.15) is 176 Å². The van der Waals surface area contributed by atoms with E-state index in [1.54, 1.807) is 23.9 Å². The smallest absolute Gasteiger partial charge is 0.255 e. The van der Waals surface area contributed by atoms with Gasteiger partial charge in [-0.15, -0.1) is 0 Å². The van der Waals surface area contributed by atoms with Crippen molar-refractivity contribution in [3.05, 3.63) is 215 Å². The molecule has 108 heavy (non-hydrogen) atoms. The number of rotatable bonds is 36. The standard InChI is InChI=1S/C88H116N12O8/c1-5-73(89-3)79(101)95-77-65(59-91-57-63-31-13-7-14-32-63)47-49-71-51-53-75(99(71)83(77)105)81(103)97-87(67-35-17-9-18-36-67,68-37-19-10-20-38-68)85(107)93-55-27-25-29-61-43-45-62(46-44-61)30-26-28-56-94-86(108)88(69-39-21-11-22-40-69,70-41-23-12-24-42-70)98-82(104)76-54-52-72-50-48-66(60-92-58-64-33-15-8-16-34-64)78(84(106)100(72)76)96-80(102)74(6-2)90-4/h7-24,31-42,61-62,65-66,71-78,89-92H,5-6,25-30,43-60H2,1-4H3,(H,93,107)(H,94,108)(H,95,101)(H,96,102)(H,97,103)(H,98,104)/t61?,62?,65-,66-,71+,72+,73+,74+,75+,76+,77+,78+/m1/s1. The van der Waals surface area contributed by atoms with Gasteiger partial charge in [-0.1, -0.05) is 247 Å². The van der Waals surface area contributed by atoms with Crippen molar-refractivity contribution >= 4 is 47.3 Å². The Bertz CT molecular complexity index is 3530. The van der Waals surface area contributed by atoms with Crippen LogP contribution in [0.3, 0.4) is 0 Å². The van der Waals surface area contributed by atoms with Crippen LogP contribution in [0.15, 0.2) is 182 Å². The third kappa shape index (κ3) is 19.3. The summed E-state index contributed by atoms with van der Waals surface area (Å²) in [5.41, 5.74) is 1.35. The van der Waals surface area contributed by atoms with Crippen molar-refractivity contribution in [3.8, 4) is 0 Å². The highest BCUT2D eigenvalue weighted by Crippen LogP contribution is 2.40. The lowest BCUT2D eigenvalue weighted by molar-refractivity contribution is -0.145. The maximum absolute atomic E-state index is 15.3. The molecule has 1 aliphatic carbocycles. The monoisotopic (exact) mass is 1470 g/mol. The first-order valence-electron chi connectivity index (χ1n) is 40.2. The number of hydrogen-bond acceptors (Lipinski definition) is 12. The second-order valence-electron chi connectivity index (χ2n) is 30.7. The number of nitrogens with zero attached hydrogens (tertiary/aromatic N) is 2. The second kappa shape index (κ2) is 39.3. The van der Waals surface area contributed by atoms with Crippen LogP contribution in [0.4, 0.5) is 0 Å². The first-order valence-corrected chi connectivity index (χ1v) is 40.2. The number of likely N-dealkylation sites (N-methyl/N-ethyl adjacent to an activating group) is 2. The Kier molecular flexibility index (Phi) is 29.1. The zero-order chi connectivity index (χ0) is 75.8. The minimum absolute atomic E-state index is 0.214. The maximum atomic E-state index is 15.3. The van der Waals surface area contributed by atoms with Crippen LogP contribution < -0.4 is 53.2 Å². The van der Waals surface area contributed by atoms with E-state index in [4.69, 9.17) is 0 Å². The number of carbonyl (C=O) groups excluding carboxylic acids is 8. The quantitative estimate of drug-likeness (QED) is 0.0165. The highest BCUT2D eigenvalue weighted by Gasteiger charge is 2.53. The molecule has 0 radical (unpaired) electrons. The van der Waals surface area contributed by atoms with E-state index in [0.29, 0.717) is 138 Å². The Balaban J connectivity index is 0.681. The molecule has 4 heterocycles. The van der Waals surface area contributed by atoms with Gasteiger partial charge in [0.25, 0.3) is 11.8 Å². The highest BCUT2D eigenvalue weighted by atomic mass is 16.2. The van der Waals surface area contributed by atoms with Gasteiger partial charge in [0.2, 0.25) is 35.4 Å². The van der Waals surface area contributed by atoms with Crippen LogP contribution in [0, 0.1) is 23.7 Å². The zero-order valence-corrected chi connectivity index (χ0v) is 63.8. The van der Waals surface area contributed by atoms with Crippen molar-refractivity contribution in [2.75, 3.05) is 40.3 Å². The Labute approximate surface area is 639 Å². The molecule has 10 atom stereocenters. The van der Waals surface area contributed by atoms with E-state index in [1.165, 1.54) is 0 Å². The van der Waals surface area contributed by atoms with Gasteiger partial charge < -0.3 is 63.0 Å². The van der Waals surface area contributed by atoms with Crippen LogP contribution in [0.5, 0.6) is 0 Å². The molecular formula is C88H116N12O8. The number of amides is 8. The topological polar surface area (TPSA) is 263 Å². The summed E-state index contributed by atoms with van der Waals surface area (Å²) in [5, 5.41) is 32.8. The van der Waals surface area contributed by atoms with E-state index in [0.717, 1.165) is 75.3 Å². The lowest BCUT2D eigenvalue weighted by atomic mass is 9.78. The molecule has 4 saturated heterocycles. The molecule has 5 fully saturated rings. The summed E-state index contributed by atoms with van der Waals surface area (Å²) in [7, 11) is 3.48. The Morgan fingerprint density at radius 1 is 0.407 bits per heavy atom. The number of benzene rings is 6. The van der Waals surface area contributed by atoms with Crippen molar-refractivity contribution in [1.29, 1.82) is 0 Å². The molecule has 20 nitrogen and oxygen atoms in total. The van der Waals surface area contributed by atoms with E-state index < -0.39 is 59.1 Å². The van der Waals surface area contributed by atoms with E-state index in [1.807, 2.05) is 172 Å². The molecule has 0 aromatic heterocycles. The summed E-state index contributed by atoms with van der Waals surface area (Å²) >= 11 is 0. The van der Waals surface area contributed by atoms with Gasteiger partial charge in [-0.2, -0.15) is 0 Å². The minimum Gasteiger partial charge on any atom is -0.353 e. The number of nitrogens with one attached hydrogen (secondary N) is 10. The average Bonchev–Trinajstić information content (AvgIpc) is 0.873. The van der Waals surface area contributed by atoms with E-state index in [2.05, 4.69) is 77.4 Å². The molecule has 20 heteroatoms. The van der Waals surface area contributed by atoms with Gasteiger partial charge in [-0.25, -0.2) is 0 Å². The summed E-state index contributed by atoms with van der Waals surface area (Å²) in [6.45, 7) is 6.87.